The van der Waals surface area contributed by atoms with Gasteiger partial charge >= 0.3 is 5.97 Å². The molecule has 0 aromatic rings. The number of rotatable bonds is 4. The number of ether oxygens (including phenoxy) is 1. The van der Waals surface area contributed by atoms with Crippen LogP contribution in [-0.2, 0) is 14.3 Å². The molecule has 7 nitrogen and oxygen atoms in total. The summed E-state index contributed by atoms with van der Waals surface area (Å²) >= 11 is 0. The zero-order chi connectivity index (χ0) is 16.0. The first-order valence-corrected chi connectivity index (χ1v) is 7.27. The summed E-state index contributed by atoms with van der Waals surface area (Å²) in [6, 6.07) is -1.00. The zero-order valence-electron chi connectivity index (χ0n) is 12.7. The van der Waals surface area contributed by atoms with E-state index in [1.807, 2.05) is 20.8 Å². The van der Waals surface area contributed by atoms with Gasteiger partial charge in [0.25, 0.3) is 0 Å². The molecule has 1 amide bonds. The fraction of sp³-hybridized carbons (Fsp3) is 0.857. The van der Waals surface area contributed by atoms with E-state index in [2.05, 4.69) is 0 Å². The van der Waals surface area contributed by atoms with E-state index in [4.69, 9.17) is 10.5 Å². The molecule has 2 rings (SSSR count). The van der Waals surface area contributed by atoms with Crippen molar-refractivity contribution in [3.63, 3.8) is 0 Å². The highest BCUT2D eigenvalue weighted by Gasteiger charge is 2.64. The van der Waals surface area contributed by atoms with Gasteiger partial charge in [-0.05, 0) is 6.92 Å². The highest BCUT2D eigenvalue weighted by molar-refractivity contribution is 5.92. The number of β-amino-alcohol motifs (C(OH)–C–C–N with tert-alkyl or cyclic N) is 1. The van der Waals surface area contributed by atoms with Crippen LogP contribution in [0.4, 0.5) is 0 Å². The zero-order valence-corrected chi connectivity index (χ0v) is 12.7. The number of nitrogens with two attached hydrogens (primary N) is 1. The van der Waals surface area contributed by atoms with E-state index in [-0.39, 0.29) is 19.1 Å². The van der Waals surface area contributed by atoms with Crippen LogP contribution < -0.4 is 5.73 Å². The number of hydrogen-bond donors (Lipinski definition) is 3. The normalized spacial score (nSPS) is 38.1. The maximum atomic E-state index is 12.7. The largest absolute Gasteiger partial charge is 0.480 e. The first-order valence-electron chi connectivity index (χ1n) is 7.27. The van der Waals surface area contributed by atoms with Crippen molar-refractivity contribution in [1.29, 1.82) is 0 Å². The van der Waals surface area contributed by atoms with Crippen molar-refractivity contribution in [2.45, 2.75) is 57.4 Å². The highest BCUT2D eigenvalue weighted by atomic mass is 16.5. The van der Waals surface area contributed by atoms with Crippen molar-refractivity contribution in [1.82, 2.24) is 4.90 Å². The van der Waals surface area contributed by atoms with Gasteiger partial charge in [0, 0.05) is 31.4 Å². The van der Waals surface area contributed by atoms with Crippen molar-refractivity contribution >= 4 is 11.9 Å². The molecule has 0 radical (unpaired) electrons. The van der Waals surface area contributed by atoms with Gasteiger partial charge in [-0.2, -0.15) is 0 Å². The van der Waals surface area contributed by atoms with Crippen LogP contribution >= 0.6 is 0 Å². The molecule has 0 aromatic heterocycles. The molecule has 0 bridgehead atoms. The standard InChI is InChI=1S/C14H24N2O5/c1-4-21-10-6-14(15,13(10,2)3)12(20)16-7-8(17)5-9(16)11(18)19/h8-10,17H,4-7,15H2,1-3H3,(H,18,19). The van der Waals surface area contributed by atoms with Crippen LogP contribution in [-0.4, -0.2) is 63.9 Å². The lowest BCUT2D eigenvalue weighted by molar-refractivity contribution is -0.181. The Labute approximate surface area is 124 Å². The lowest BCUT2D eigenvalue weighted by Gasteiger charge is -2.58. The summed E-state index contributed by atoms with van der Waals surface area (Å²) in [5.41, 5.74) is 4.57. The van der Waals surface area contributed by atoms with E-state index in [0.717, 1.165) is 0 Å². The summed E-state index contributed by atoms with van der Waals surface area (Å²) in [4.78, 5) is 25.2. The summed E-state index contributed by atoms with van der Waals surface area (Å²) in [7, 11) is 0. The molecule has 0 aromatic carbocycles. The fourth-order valence-electron chi connectivity index (χ4n) is 3.33. The summed E-state index contributed by atoms with van der Waals surface area (Å²) < 4.78 is 5.58. The molecule has 1 saturated carbocycles. The van der Waals surface area contributed by atoms with Crippen LogP contribution in [0.25, 0.3) is 0 Å². The Hall–Kier alpha value is -1.18. The smallest absolute Gasteiger partial charge is 0.326 e. The Balaban J connectivity index is 2.18. The van der Waals surface area contributed by atoms with E-state index in [1.165, 1.54) is 4.90 Å². The van der Waals surface area contributed by atoms with Gasteiger partial charge in [0.2, 0.25) is 5.91 Å². The molecule has 4 N–H and O–H groups in total. The third-order valence-corrected chi connectivity index (χ3v) is 5.04. The topological polar surface area (TPSA) is 113 Å². The highest BCUT2D eigenvalue weighted by Crippen LogP contribution is 2.51. The number of carbonyl (C=O) groups is 2. The molecule has 1 aliphatic heterocycles. The molecule has 2 fully saturated rings. The molecule has 2 aliphatic rings. The van der Waals surface area contributed by atoms with Gasteiger partial charge in [0.15, 0.2) is 0 Å². The Kier molecular flexibility index (Phi) is 4.03. The summed E-state index contributed by atoms with van der Waals surface area (Å²) in [6.45, 7) is 6.16. The number of likely N-dealkylation sites (tertiary alicyclic amines) is 1. The van der Waals surface area contributed by atoms with Gasteiger partial charge in [-0.25, -0.2) is 4.79 Å². The monoisotopic (exact) mass is 300 g/mol. The van der Waals surface area contributed by atoms with Crippen LogP contribution in [0.3, 0.4) is 0 Å². The molecular weight excluding hydrogens is 276 g/mol. The quantitative estimate of drug-likeness (QED) is 0.649. The molecular formula is C14H24N2O5. The van der Waals surface area contributed by atoms with Crippen molar-refractivity contribution in [2.24, 2.45) is 11.1 Å². The Morgan fingerprint density at radius 2 is 2.05 bits per heavy atom. The number of hydrogen-bond acceptors (Lipinski definition) is 5. The second kappa shape index (κ2) is 5.23. The maximum absolute atomic E-state index is 12.7. The number of aliphatic hydroxyl groups is 1. The Morgan fingerprint density at radius 1 is 1.43 bits per heavy atom. The van der Waals surface area contributed by atoms with Crippen molar-refractivity contribution in [3.05, 3.63) is 0 Å². The van der Waals surface area contributed by atoms with Crippen LogP contribution in [0.1, 0.15) is 33.6 Å². The third-order valence-electron chi connectivity index (χ3n) is 5.04. The van der Waals surface area contributed by atoms with E-state index in [0.29, 0.717) is 13.0 Å². The van der Waals surface area contributed by atoms with Gasteiger partial charge in [0.1, 0.15) is 11.6 Å². The van der Waals surface area contributed by atoms with Crippen LogP contribution in [0.5, 0.6) is 0 Å². The summed E-state index contributed by atoms with van der Waals surface area (Å²) in [5, 5.41) is 18.9. The molecule has 21 heavy (non-hydrogen) atoms. The van der Waals surface area contributed by atoms with Crippen molar-refractivity contribution in [2.75, 3.05) is 13.2 Å². The van der Waals surface area contributed by atoms with Crippen LogP contribution in [0.15, 0.2) is 0 Å². The van der Waals surface area contributed by atoms with Gasteiger partial charge in [-0.1, -0.05) is 13.8 Å². The first-order chi connectivity index (χ1) is 9.65. The molecule has 7 heteroatoms. The predicted molar refractivity (Wildman–Crippen MR) is 74.5 cm³/mol. The summed E-state index contributed by atoms with van der Waals surface area (Å²) in [5.74, 6) is -1.52. The second-order valence-corrected chi connectivity index (χ2v) is 6.54. The lowest BCUT2D eigenvalue weighted by Crippen LogP contribution is -2.76. The molecule has 0 spiro atoms. The number of carboxylic acid groups (broad SMARTS) is 1. The number of carbonyl (C=O) groups excluding carboxylic acids is 1. The molecule has 120 valence electrons. The van der Waals surface area contributed by atoms with Crippen LogP contribution in [0, 0.1) is 5.41 Å². The number of aliphatic carboxylic acids is 1. The number of aliphatic hydroxyl groups excluding tert-OH is 1. The van der Waals surface area contributed by atoms with Gasteiger partial charge in [-0.3, -0.25) is 4.79 Å². The SMILES string of the molecule is CCOC1CC(N)(C(=O)N2CC(O)CC2C(=O)O)C1(C)C. The minimum Gasteiger partial charge on any atom is -0.480 e. The molecule has 4 atom stereocenters. The third kappa shape index (κ3) is 2.33. The van der Waals surface area contributed by atoms with Gasteiger partial charge < -0.3 is 25.6 Å². The summed E-state index contributed by atoms with van der Waals surface area (Å²) in [6.07, 6.45) is -0.519. The average Bonchev–Trinajstić information content (AvgIpc) is 2.79. The minimum atomic E-state index is -1.15. The fourth-order valence-corrected chi connectivity index (χ4v) is 3.33. The van der Waals surface area contributed by atoms with E-state index >= 15 is 0 Å². The van der Waals surface area contributed by atoms with Gasteiger partial charge in [0.05, 0.1) is 12.2 Å². The van der Waals surface area contributed by atoms with Crippen molar-refractivity contribution < 1.29 is 24.5 Å². The molecule has 4 unspecified atom stereocenters. The number of carboxylic acids is 1. The van der Waals surface area contributed by atoms with E-state index in [1.54, 1.807) is 0 Å². The molecule has 1 aliphatic carbocycles. The minimum absolute atomic E-state index is 0.0180. The second-order valence-electron chi connectivity index (χ2n) is 6.54. The Morgan fingerprint density at radius 3 is 2.52 bits per heavy atom. The average molecular weight is 300 g/mol. The molecule has 1 heterocycles. The predicted octanol–water partition coefficient (Wildman–Crippen LogP) is -0.435. The van der Waals surface area contributed by atoms with E-state index in [9.17, 15) is 19.8 Å². The van der Waals surface area contributed by atoms with Crippen LogP contribution in [0.2, 0.25) is 0 Å². The first kappa shape index (κ1) is 16.2. The number of nitrogens with zero attached hydrogens (tertiary/aromatic N) is 1. The molecule has 1 saturated heterocycles. The van der Waals surface area contributed by atoms with Gasteiger partial charge in [-0.15, -0.1) is 0 Å². The van der Waals surface area contributed by atoms with Crippen molar-refractivity contribution in [3.8, 4) is 0 Å². The maximum Gasteiger partial charge on any atom is 0.326 e. The lowest BCUT2D eigenvalue weighted by atomic mass is 9.54. The van der Waals surface area contributed by atoms with E-state index < -0.39 is 35.0 Å². The number of amides is 1. The Bertz CT molecular complexity index is 453.